The number of benzene rings is 2. The van der Waals surface area contributed by atoms with Crippen molar-refractivity contribution in [3.63, 3.8) is 0 Å². The Bertz CT molecular complexity index is 485. The Morgan fingerprint density at radius 3 is 2.47 bits per heavy atom. The third-order valence-electron chi connectivity index (χ3n) is 2.47. The van der Waals surface area contributed by atoms with E-state index in [-0.39, 0.29) is 0 Å². The first-order valence-electron chi connectivity index (χ1n) is 5.45. The van der Waals surface area contributed by atoms with Gasteiger partial charge in [-0.15, -0.1) is 0 Å². The zero-order valence-corrected chi connectivity index (χ0v) is 11.0. The zero-order valence-electron chi connectivity index (χ0n) is 9.40. The van der Waals surface area contributed by atoms with Gasteiger partial charge in [-0.25, -0.2) is 0 Å². The van der Waals surface area contributed by atoms with Crippen molar-refractivity contribution in [2.24, 2.45) is 5.73 Å². The average molecular weight is 292 g/mol. The first-order chi connectivity index (χ1) is 8.29. The maximum atomic E-state index is 5.76. The molecule has 0 saturated heterocycles. The lowest BCUT2D eigenvalue weighted by atomic mass is 10.2. The van der Waals surface area contributed by atoms with Crippen molar-refractivity contribution in [2.45, 2.75) is 13.2 Å². The van der Waals surface area contributed by atoms with Gasteiger partial charge in [-0.05, 0) is 39.2 Å². The summed E-state index contributed by atoms with van der Waals surface area (Å²) in [5.74, 6) is 0.830. The molecule has 0 unspecified atom stereocenters. The van der Waals surface area contributed by atoms with Crippen LogP contribution in [0.1, 0.15) is 11.1 Å². The Hall–Kier alpha value is -1.32. The normalized spacial score (nSPS) is 10.2. The van der Waals surface area contributed by atoms with Crippen molar-refractivity contribution in [3.8, 4) is 5.75 Å². The van der Waals surface area contributed by atoms with Gasteiger partial charge >= 0.3 is 0 Å². The van der Waals surface area contributed by atoms with Gasteiger partial charge in [-0.3, -0.25) is 0 Å². The van der Waals surface area contributed by atoms with Crippen LogP contribution in [0, 0.1) is 0 Å². The Morgan fingerprint density at radius 2 is 1.76 bits per heavy atom. The summed E-state index contributed by atoms with van der Waals surface area (Å²) in [5, 5.41) is 0. The molecule has 2 N–H and O–H groups in total. The van der Waals surface area contributed by atoms with Gasteiger partial charge in [0, 0.05) is 6.54 Å². The van der Waals surface area contributed by atoms with Gasteiger partial charge in [-0.2, -0.15) is 0 Å². The third kappa shape index (κ3) is 3.32. The van der Waals surface area contributed by atoms with Crippen molar-refractivity contribution in [3.05, 3.63) is 64.1 Å². The minimum absolute atomic E-state index is 0.523. The highest BCUT2D eigenvalue weighted by atomic mass is 79.9. The lowest BCUT2D eigenvalue weighted by Crippen LogP contribution is -1.99. The monoisotopic (exact) mass is 291 g/mol. The smallest absolute Gasteiger partial charge is 0.134 e. The van der Waals surface area contributed by atoms with Crippen LogP contribution < -0.4 is 10.5 Å². The fourth-order valence-corrected chi connectivity index (χ4v) is 1.88. The van der Waals surface area contributed by atoms with E-state index in [1.807, 2.05) is 48.5 Å². The van der Waals surface area contributed by atoms with E-state index < -0.39 is 0 Å². The van der Waals surface area contributed by atoms with Crippen molar-refractivity contribution in [1.82, 2.24) is 0 Å². The number of hydrogen-bond donors (Lipinski definition) is 1. The van der Waals surface area contributed by atoms with Gasteiger partial charge in [0.2, 0.25) is 0 Å². The van der Waals surface area contributed by atoms with Crippen LogP contribution in [0.2, 0.25) is 0 Å². The molecule has 0 heterocycles. The molecule has 2 aromatic carbocycles. The van der Waals surface area contributed by atoms with E-state index >= 15 is 0 Å². The lowest BCUT2D eigenvalue weighted by Gasteiger charge is -2.09. The number of nitrogens with two attached hydrogens (primary N) is 1. The van der Waals surface area contributed by atoms with Gasteiger partial charge in [0.15, 0.2) is 0 Å². The van der Waals surface area contributed by atoms with Crippen LogP contribution in [0.15, 0.2) is 53.0 Å². The van der Waals surface area contributed by atoms with E-state index in [9.17, 15) is 0 Å². The zero-order chi connectivity index (χ0) is 12.1. The van der Waals surface area contributed by atoms with Gasteiger partial charge in [0.1, 0.15) is 12.4 Å². The molecule has 0 atom stereocenters. The molecule has 2 rings (SSSR count). The van der Waals surface area contributed by atoms with Gasteiger partial charge in [0.25, 0.3) is 0 Å². The average Bonchev–Trinajstić information content (AvgIpc) is 2.39. The minimum Gasteiger partial charge on any atom is -0.488 e. The van der Waals surface area contributed by atoms with E-state index in [1.165, 1.54) is 0 Å². The lowest BCUT2D eigenvalue weighted by molar-refractivity contribution is 0.304. The summed E-state index contributed by atoms with van der Waals surface area (Å²) in [6.45, 7) is 1.09. The molecule has 88 valence electrons. The molecule has 17 heavy (non-hydrogen) atoms. The number of hydrogen-bond acceptors (Lipinski definition) is 2. The fourth-order valence-electron chi connectivity index (χ4n) is 1.52. The molecule has 0 spiro atoms. The molecule has 3 heteroatoms. The number of rotatable bonds is 4. The molecule has 2 nitrogen and oxygen atoms in total. The predicted octanol–water partition coefficient (Wildman–Crippen LogP) is 3.49. The van der Waals surface area contributed by atoms with Crippen LogP contribution in [0.3, 0.4) is 0 Å². The summed E-state index contributed by atoms with van der Waals surface area (Å²) in [5.41, 5.74) is 7.82. The molecule has 0 bridgehead atoms. The second-order valence-corrected chi connectivity index (χ2v) is 4.60. The van der Waals surface area contributed by atoms with Crippen molar-refractivity contribution >= 4 is 15.9 Å². The highest BCUT2D eigenvalue weighted by Gasteiger charge is 2.02. The fraction of sp³-hybridized carbons (Fsp3) is 0.143. The summed E-state index contributed by atoms with van der Waals surface area (Å²) in [6.07, 6.45) is 0. The van der Waals surface area contributed by atoms with Gasteiger partial charge < -0.3 is 10.5 Å². The quantitative estimate of drug-likeness (QED) is 0.936. The third-order valence-corrected chi connectivity index (χ3v) is 3.12. The van der Waals surface area contributed by atoms with Crippen LogP contribution >= 0.6 is 15.9 Å². The highest BCUT2D eigenvalue weighted by molar-refractivity contribution is 9.10. The largest absolute Gasteiger partial charge is 0.488 e. The standard InChI is InChI=1S/C14H14BrNO/c15-13-7-6-12(9-16)8-14(13)17-10-11-4-2-1-3-5-11/h1-8H,9-10,16H2. The molecule has 0 fully saturated rings. The summed E-state index contributed by atoms with van der Waals surface area (Å²) < 4.78 is 6.71. The Morgan fingerprint density at radius 1 is 1.00 bits per heavy atom. The van der Waals surface area contributed by atoms with E-state index in [0.717, 1.165) is 21.3 Å². The SMILES string of the molecule is NCc1ccc(Br)c(OCc2ccccc2)c1. The summed E-state index contributed by atoms with van der Waals surface area (Å²) in [6, 6.07) is 16.0. The topological polar surface area (TPSA) is 35.2 Å². The van der Waals surface area contributed by atoms with E-state index in [0.29, 0.717) is 13.2 Å². The molecule has 0 aliphatic carbocycles. The van der Waals surface area contributed by atoms with Crippen molar-refractivity contribution in [1.29, 1.82) is 0 Å². The predicted molar refractivity (Wildman–Crippen MR) is 72.8 cm³/mol. The van der Waals surface area contributed by atoms with Crippen LogP contribution in [-0.4, -0.2) is 0 Å². The molecule has 2 aromatic rings. The molecule has 0 saturated carbocycles. The first-order valence-corrected chi connectivity index (χ1v) is 6.24. The summed E-state index contributed by atoms with van der Waals surface area (Å²) in [4.78, 5) is 0. The molecule has 0 amide bonds. The molecular weight excluding hydrogens is 278 g/mol. The van der Waals surface area contributed by atoms with Crippen molar-refractivity contribution in [2.75, 3.05) is 0 Å². The van der Waals surface area contributed by atoms with Crippen LogP contribution in [-0.2, 0) is 13.2 Å². The van der Waals surface area contributed by atoms with Crippen LogP contribution in [0.25, 0.3) is 0 Å². The van der Waals surface area contributed by atoms with Gasteiger partial charge in [0.05, 0.1) is 4.47 Å². The minimum atomic E-state index is 0.523. The van der Waals surface area contributed by atoms with Crippen LogP contribution in [0.4, 0.5) is 0 Å². The summed E-state index contributed by atoms with van der Waals surface area (Å²) >= 11 is 3.47. The first kappa shape index (κ1) is 12.1. The van der Waals surface area contributed by atoms with Crippen LogP contribution in [0.5, 0.6) is 5.75 Å². The highest BCUT2D eigenvalue weighted by Crippen LogP contribution is 2.26. The molecule has 0 aliphatic heterocycles. The van der Waals surface area contributed by atoms with E-state index in [4.69, 9.17) is 10.5 Å². The van der Waals surface area contributed by atoms with Crippen molar-refractivity contribution < 1.29 is 4.74 Å². The molecule has 0 radical (unpaired) electrons. The number of ether oxygens (including phenoxy) is 1. The molecule has 0 aliphatic rings. The molecular formula is C14H14BrNO. The maximum absolute atomic E-state index is 5.76. The van der Waals surface area contributed by atoms with E-state index in [1.54, 1.807) is 0 Å². The summed E-state index contributed by atoms with van der Waals surface area (Å²) in [7, 11) is 0. The second kappa shape index (κ2) is 5.84. The Kier molecular flexibility index (Phi) is 4.18. The molecule has 0 aromatic heterocycles. The second-order valence-electron chi connectivity index (χ2n) is 3.74. The Balaban J connectivity index is 2.08. The Labute approximate surface area is 110 Å². The maximum Gasteiger partial charge on any atom is 0.134 e. The van der Waals surface area contributed by atoms with Gasteiger partial charge in [-0.1, -0.05) is 36.4 Å². The number of halogens is 1. The van der Waals surface area contributed by atoms with E-state index in [2.05, 4.69) is 15.9 Å².